The monoisotopic (exact) mass is 272 g/mol. The summed E-state index contributed by atoms with van der Waals surface area (Å²) < 4.78 is 42.3. The van der Waals surface area contributed by atoms with Gasteiger partial charge in [-0.1, -0.05) is 17.3 Å². The number of carboxylic acid groups (broad SMARTS) is 1. The van der Waals surface area contributed by atoms with Gasteiger partial charge >= 0.3 is 12.1 Å². The molecular weight excluding hydrogens is 265 g/mol. The molecule has 3 N–H and O–H groups in total. The van der Waals surface area contributed by atoms with Crippen molar-refractivity contribution in [2.45, 2.75) is 6.18 Å². The van der Waals surface area contributed by atoms with Crippen molar-refractivity contribution >= 4 is 11.9 Å². The number of hydrogen-bond donors (Lipinski definition) is 2. The topological polar surface area (TPSA) is 89.4 Å². The zero-order chi connectivity index (χ0) is 14.2. The number of carbonyl (C=O) groups is 1. The summed E-state index contributed by atoms with van der Waals surface area (Å²) in [7, 11) is 0. The van der Waals surface area contributed by atoms with Gasteiger partial charge in [-0.2, -0.15) is 13.2 Å². The number of nitrogen functional groups attached to an aromatic ring is 1. The second kappa shape index (κ2) is 4.30. The van der Waals surface area contributed by atoms with E-state index in [9.17, 15) is 18.0 Å². The molecule has 19 heavy (non-hydrogen) atoms. The van der Waals surface area contributed by atoms with E-state index in [1.165, 1.54) is 6.07 Å². The average molecular weight is 272 g/mol. The predicted octanol–water partition coefficient (Wildman–Crippen LogP) is 2.64. The van der Waals surface area contributed by atoms with Gasteiger partial charge in [0.15, 0.2) is 0 Å². The van der Waals surface area contributed by atoms with Crippen molar-refractivity contribution in [2.24, 2.45) is 0 Å². The van der Waals surface area contributed by atoms with Gasteiger partial charge in [0.2, 0.25) is 11.6 Å². The number of halogens is 3. The fourth-order valence-electron chi connectivity index (χ4n) is 1.58. The Morgan fingerprint density at radius 2 is 2.05 bits per heavy atom. The van der Waals surface area contributed by atoms with Gasteiger partial charge in [-0.15, -0.1) is 0 Å². The molecule has 0 atom stereocenters. The van der Waals surface area contributed by atoms with Crippen LogP contribution >= 0.6 is 0 Å². The molecular formula is C11H7F3N2O3. The molecule has 0 aliphatic heterocycles. The summed E-state index contributed by atoms with van der Waals surface area (Å²) in [5.41, 5.74) is 3.76. The van der Waals surface area contributed by atoms with Crippen molar-refractivity contribution < 1.29 is 27.6 Å². The highest BCUT2D eigenvalue weighted by Crippen LogP contribution is 2.35. The molecule has 0 amide bonds. The van der Waals surface area contributed by atoms with E-state index < -0.39 is 23.4 Å². The zero-order valence-electron chi connectivity index (χ0n) is 9.23. The first-order chi connectivity index (χ1) is 8.80. The minimum absolute atomic E-state index is 0.0222. The van der Waals surface area contributed by atoms with Gasteiger partial charge in [0.1, 0.15) is 0 Å². The van der Waals surface area contributed by atoms with Gasteiger partial charge in [-0.3, -0.25) is 0 Å². The third-order valence-electron chi connectivity index (χ3n) is 2.40. The number of hydrogen-bond acceptors (Lipinski definition) is 4. The highest BCUT2D eigenvalue weighted by molar-refractivity contribution is 5.96. The number of alkyl halides is 3. The summed E-state index contributed by atoms with van der Waals surface area (Å²) in [6, 6.07) is 4.10. The summed E-state index contributed by atoms with van der Waals surface area (Å²) in [6.07, 6.45) is -4.54. The first kappa shape index (κ1) is 12.9. The molecule has 2 aromatic rings. The van der Waals surface area contributed by atoms with E-state index in [1.807, 2.05) is 0 Å². The molecule has 8 heteroatoms. The van der Waals surface area contributed by atoms with Crippen molar-refractivity contribution in [3.8, 4) is 11.1 Å². The van der Waals surface area contributed by atoms with Crippen LogP contribution in [0, 0.1) is 0 Å². The van der Waals surface area contributed by atoms with Crippen molar-refractivity contribution in [1.82, 2.24) is 5.16 Å². The van der Waals surface area contributed by atoms with Crippen LogP contribution in [0.25, 0.3) is 11.1 Å². The number of aromatic carboxylic acids is 1. The number of rotatable bonds is 2. The zero-order valence-corrected chi connectivity index (χ0v) is 9.23. The standard InChI is InChI=1S/C11H7F3N2O3/c12-11(13,14)6-3-1-2-5(4-6)7-8(10(17)18)16-19-9(7)15/h1-4H,15H2,(H,17,18). The van der Waals surface area contributed by atoms with Gasteiger partial charge in [0.25, 0.3) is 0 Å². The maximum absolute atomic E-state index is 12.6. The van der Waals surface area contributed by atoms with Gasteiger partial charge in [0.05, 0.1) is 11.1 Å². The van der Waals surface area contributed by atoms with Crippen LogP contribution in [-0.2, 0) is 6.18 Å². The molecule has 0 aliphatic rings. The van der Waals surface area contributed by atoms with E-state index in [0.717, 1.165) is 18.2 Å². The smallest absolute Gasteiger partial charge is 0.416 e. The Morgan fingerprint density at radius 3 is 2.63 bits per heavy atom. The summed E-state index contributed by atoms with van der Waals surface area (Å²) in [4.78, 5) is 10.9. The minimum atomic E-state index is -4.54. The fraction of sp³-hybridized carbons (Fsp3) is 0.0909. The molecule has 0 unspecified atom stereocenters. The largest absolute Gasteiger partial charge is 0.476 e. The molecule has 100 valence electrons. The Labute approximate surface area is 104 Å². The molecule has 5 nitrogen and oxygen atoms in total. The van der Waals surface area contributed by atoms with Gasteiger partial charge in [-0.05, 0) is 17.7 Å². The van der Waals surface area contributed by atoms with E-state index in [0.29, 0.717) is 0 Å². The summed E-state index contributed by atoms with van der Waals surface area (Å²) in [5, 5.41) is 12.1. The summed E-state index contributed by atoms with van der Waals surface area (Å²) >= 11 is 0. The molecule has 0 saturated heterocycles. The first-order valence-electron chi connectivity index (χ1n) is 4.97. The quantitative estimate of drug-likeness (QED) is 0.877. The Balaban J connectivity index is 2.60. The van der Waals surface area contributed by atoms with Crippen molar-refractivity contribution in [3.05, 3.63) is 35.5 Å². The molecule has 1 aromatic carbocycles. The number of anilines is 1. The van der Waals surface area contributed by atoms with Crippen LogP contribution in [0.15, 0.2) is 28.8 Å². The van der Waals surface area contributed by atoms with Crippen LogP contribution in [0.3, 0.4) is 0 Å². The lowest BCUT2D eigenvalue weighted by atomic mass is 10.0. The van der Waals surface area contributed by atoms with Crippen molar-refractivity contribution in [2.75, 3.05) is 5.73 Å². The second-order valence-corrected chi connectivity index (χ2v) is 3.65. The molecule has 0 radical (unpaired) electrons. The molecule has 0 fully saturated rings. The van der Waals surface area contributed by atoms with Crippen LogP contribution in [0.5, 0.6) is 0 Å². The first-order valence-corrected chi connectivity index (χ1v) is 4.97. The van der Waals surface area contributed by atoms with Crippen LogP contribution in [0.1, 0.15) is 16.1 Å². The summed E-state index contributed by atoms with van der Waals surface area (Å²) in [6.45, 7) is 0. The van der Waals surface area contributed by atoms with E-state index in [1.54, 1.807) is 0 Å². The minimum Gasteiger partial charge on any atom is -0.476 e. The van der Waals surface area contributed by atoms with E-state index in [2.05, 4.69) is 9.68 Å². The Hall–Kier alpha value is -2.51. The average Bonchev–Trinajstić information content (AvgIpc) is 2.70. The second-order valence-electron chi connectivity index (χ2n) is 3.65. The molecule has 0 saturated carbocycles. The van der Waals surface area contributed by atoms with Gasteiger partial charge < -0.3 is 15.4 Å². The lowest BCUT2D eigenvalue weighted by Crippen LogP contribution is -2.05. The Kier molecular flexibility index (Phi) is 2.93. The number of nitrogens with two attached hydrogens (primary N) is 1. The predicted molar refractivity (Wildman–Crippen MR) is 58.3 cm³/mol. The number of nitrogens with zero attached hydrogens (tertiary/aromatic N) is 1. The highest BCUT2D eigenvalue weighted by Gasteiger charge is 2.31. The highest BCUT2D eigenvalue weighted by atomic mass is 19.4. The van der Waals surface area contributed by atoms with E-state index >= 15 is 0 Å². The van der Waals surface area contributed by atoms with Crippen molar-refractivity contribution in [1.29, 1.82) is 0 Å². The van der Waals surface area contributed by atoms with Crippen LogP contribution in [0.4, 0.5) is 19.1 Å². The maximum atomic E-state index is 12.6. The van der Waals surface area contributed by atoms with E-state index in [4.69, 9.17) is 10.8 Å². The molecule has 1 heterocycles. The lowest BCUT2D eigenvalue weighted by Gasteiger charge is -2.08. The Bertz CT molecular complexity index is 634. The molecule has 0 bridgehead atoms. The normalized spacial score (nSPS) is 11.5. The van der Waals surface area contributed by atoms with E-state index in [-0.39, 0.29) is 17.0 Å². The molecule has 0 spiro atoms. The number of aromatic nitrogens is 1. The Morgan fingerprint density at radius 1 is 1.37 bits per heavy atom. The lowest BCUT2D eigenvalue weighted by molar-refractivity contribution is -0.137. The third kappa shape index (κ3) is 2.37. The molecule has 2 rings (SSSR count). The van der Waals surface area contributed by atoms with Crippen molar-refractivity contribution in [3.63, 3.8) is 0 Å². The molecule has 1 aromatic heterocycles. The van der Waals surface area contributed by atoms with Crippen LogP contribution < -0.4 is 5.73 Å². The number of carboxylic acids is 1. The molecule has 0 aliphatic carbocycles. The number of benzene rings is 1. The summed E-state index contributed by atoms with van der Waals surface area (Å²) in [5.74, 6) is -1.79. The van der Waals surface area contributed by atoms with Crippen LogP contribution in [-0.4, -0.2) is 16.2 Å². The fourth-order valence-corrected chi connectivity index (χ4v) is 1.58. The van der Waals surface area contributed by atoms with Crippen LogP contribution in [0.2, 0.25) is 0 Å². The van der Waals surface area contributed by atoms with Gasteiger partial charge in [0, 0.05) is 0 Å². The SMILES string of the molecule is Nc1onc(C(=O)O)c1-c1cccc(C(F)(F)F)c1. The van der Waals surface area contributed by atoms with Gasteiger partial charge in [-0.25, -0.2) is 4.79 Å². The third-order valence-corrected chi connectivity index (χ3v) is 2.40. The maximum Gasteiger partial charge on any atom is 0.416 e.